The van der Waals surface area contributed by atoms with Crippen molar-refractivity contribution in [2.24, 2.45) is 4.99 Å². The average Bonchev–Trinajstić information content (AvgIpc) is 3.01. The summed E-state index contributed by atoms with van der Waals surface area (Å²) >= 11 is 6.25. The molecule has 0 fully saturated rings. The Labute approximate surface area is 197 Å². The quantitative estimate of drug-likeness (QED) is 0.327. The van der Waals surface area contributed by atoms with Crippen molar-refractivity contribution in [3.8, 4) is 11.5 Å². The van der Waals surface area contributed by atoms with Gasteiger partial charge in [-0.1, -0.05) is 66.2 Å². The first-order chi connectivity index (χ1) is 16.2. The molecule has 1 aliphatic heterocycles. The summed E-state index contributed by atoms with van der Waals surface area (Å²) in [6.45, 7) is 0.554. The monoisotopic (exact) mass is 452 g/mol. The molecule has 33 heavy (non-hydrogen) atoms. The molecule has 4 nitrogen and oxygen atoms in total. The molecule has 0 atom stereocenters. The van der Waals surface area contributed by atoms with Crippen molar-refractivity contribution in [2.45, 2.75) is 6.42 Å². The van der Waals surface area contributed by atoms with Crippen molar-refractivity contribution in [2.75, 3.05) is 6.54 Å². The maximum Gasteiger partial charge on any atom is 0.251 e. The van der Waals surface area contributed by atoms with Crippen molar-refractivity contribution in [1.82, 2.24) is 5.32 Å². The van der Waals surface area contributed by atoms with E-state index in [9.17, 15) is 4.79 Å². The lowest BCUT2D eigenvalue weighted by atomic mass is 10.0. The van der Waals surface area contributed by atoms with Crippen LogP contribution in [0.2, 0.25) is 5.02 Å². The summed E-state index contributed by atoms with van der Waals surface area (Å²) in [4.78, 5) is 17.7. The minimum Gasteiger partial charge on any atom is -0.454 e. The highest BCUT2D eigenvalue weighted by atomic mass is 35.5. The van der Waals surface area contributed by atoms with Gasteiger partial charge in [-0.3, -0.25) is 4.79 Å². The summed E-state index contributed by atoms with van der Waals surface area (Å²) in [5.41, 5.74) is 4.80. The number of amides is 1. The van der Waals surface area contributed by atoms with Gasteiger partial charge in [0.2, 0.25) is 0 Å². The number of rotatable bonds is 5. The van der Waals surface area contributed by atoms with Crippen LogP contribution in [0.4, 0.5) is 5.69 Å². The molecule has 1 N–H and O–H groups in total. The average molecular weight is 453 g/mol. The van der Waals surface area contributed by atoms with E-state index in [-0.39, 0.29) is 5.91 Å². The van der Waals surface area contributed by atoms with Crippen molar-refractivity contribution < 1.29 is 9.53 Å². The van der Waals surface area contributed by atoms with Gasteiger partial charge in [0.15, 0.2) is 5.75 Å². The molecule has 0 saturated heterocycles. The summed E-state index contributed by atoms with van der Waals surface area (Å²) in [7, 11) is 0. The molecule has 4 aromatic carbocycles. The lowest BCUT2D eigenvalue weighted by Crippen LogP contribution is -2.25. The second-order valence-electron chi connectivity index (χ2n) is 7.74. The molecule has 0 bridgehead atoms. The first-order valence-corrected chi connectivity index (χ1v) is 11.1. The highest BCUT2D eigenvalue weighted by molar-refractivity contribution is 6.31. The maximum atomic E-state index is 12.8. The van der Waals surface area contributed by atoms with Gasteiger partial charge in [-0.2, -0.15) is 0 Å². The third kappa shape index (κ3) is 4.66. The topological polar surface area (TPSA) is 50.7 Å². The minimum absolute atomic E-state index is 0.144. The number of carbonyl (C=O) groups is 1. The van der Waals surface area contributed by atoms with Gasteiger partial charge in [0.25, 0.3) is 5.91 Å². The van der Waals surface area contributed by atoms with Gasteiger partial charge in [-0.15, -0.1) is 0 Å². The highest BCUT2D eigenvalue weighted by Gasteiger charge is 2.20. The van der Waals surface area contributed by atoms with E-state index in [0.717, 1.165) is 23.3 Å². The summed E-state index contributed by atoms with van der Waals surface area (Å²) in [6.07, 6.45) is 0.771. The molecule has 0 radical (unpaired) electrons. The van der Waals surface area contributed by atoms with Gasteiger partial charge in [0.05, 0.1) is 5.71 Å². The maximum absolute atomic E-state index is 12.8. The van der Waals surface area contributed by atoms with Crippen molar-refractivity contribution in [3.05, 3.63) is 124 Å². The Morgan fingerprint density at radius 2 is 1.67 bits per heavy atom. The standard InChI is InChI=1S/C28H21ClN2O2/c29-22-10-6-9-20(17-22)27-23-11-4-5-12-25(23)33-26-14-13-21(18-24(26)31-27)28(32)30-16-15-19-7-2-1-3-8-19/h1-14,17-18H,15-16H2,(H,30,32). The molecule has 5 heteroatoms. The van der Waals surface area contributed by atoms with Crippen LogP contribution in [0.1, 0.15) is 27.0 Å². The second kappa shape index (κ2) is 9.31. The molecule has 162 valence electrons. The molecular weight excluding hydrogens is 432 g/mol. The van der Waals surface area contributed by atoms with E-state index < -0.39 is 0 Å². The number of benzene rings is 4. The van der Waals surface area contributed by atoms with Crippen LogP contribution in [-0.4, -0.2) is 18.2 Å². The smallest absolute Gasteiger partial charge is 0.251 e. The number of hydrogen-bond donors (Lipinski definition) is 1. The lowest BCUT2D eigenvalue weighted by molar-refractivity contribution is 0.0954. The number of halogens is 1. The molecule has 0 aliphatic carbocycles. The van der Waals surface area contributed by atoms with Crippen LogP contribution in [0.25, 0.3) is 0 Å². The van der Waals surface area contributed by atoms with Gasteiger partial charge < -0.3 is 10.1 Å². The van der Waals surface area contributed by atoms with Crippen LogP contribution in [0.3, 0.4) is 0 Å². The molecule has 4 aromatic rings. The fourth-order valence-corrected chi connectivity index (χ4v) is 4.00. The Balaban J connectivity index is 1.46. The van der Waals surface area contributed by atoms with E-state index in [1.54, 1.807) is 18.2 Å². The van der Waals surface area contributed by atoms with Crippen LogP contribution in [0.15, 0.2) is 102 Å². The minimum atomic E-state index is -0.144. The molecule has 5 rings (SSSR count). The normalized spacial score (nSPS) is 12.0. The zero-order chi connectivity index (χ0) is 22.6. The molecule has 1 amide bonds. The number of aliphatic imine (C=N–C) groups is 1. The fourth-order valence-electron chi connectivity index (χ4n) is 3.81. The molecule has 1 heterocycles. The van der Waals surface area contributed by atoms with Crippen LogP contribution < -0.4 is 10.1 Å². The predicted molar refractivity (Wildman–Crippen MR) is 132 cm³/mol. The Hall–Kier alpha value is -3.89. The van der Waals surface area contributed by atoms with Crippen LogP contribution in [0, 0.1) is 0 Å². The van der Waals surface area contributed by atoms with Gasteiger partial charge >= 0.3 is 0 Å². The van der Waals surface area contributed by atoms with E-state index in [1.165, 1.54) is 5.56 Å². The summed E-state index contributed by atoms with van der Waals surface area (Å²) in [5, 5.41) is 3.62. The van der Waals surface area contributed by atoms with Gasteiger partial charge in [-0.25, -0.2) is 4.99 Å². The van der Waals surface area contributed by atoms with Gasteiger partial charge in [0, 0.05) is 28.3 Å². The number of para-hydroxylation sites is 1. The van der Waals surface area contributed by atoms with Gasteiger partial charge in [0.1, 0.15) is 11.4 Å². The van der Waals surface area contributed by atoms with Crippen LogP contribution in [-0.2, 0) is 6.42 Å². The molecule has 0 saturated carbocycles. The van der Waals surface area contributed by atoms with E-state index in [0.29, 0.717) is 34.3 Å². The third-order valence-corrected chi connectivity index (χ3v) is 5.69. The van der Waals surface area contributed by atoms with Crippen molar-refractivity contribution in [3.63, 3.8) is 0 Å². The largest absolute Gasteiger partial charge is 0.454 e. The molecule has 0 spiro atoms. The first kappa shape index (κ1) is 21.0. The second-order valence-corrected chi connectivity index (χ2v) is 8.18. The summed E-state index contributed by atoms with van der Waals surface area (Å²) < 4.78 is 6.18. The number of ether oxygens (including phenoxy) is 1. The van der Waals surface area contributed by atoms with E-state index in [4.69, 9.17) is 21.3 Å². The van der Waals surface area contributed by atoms with Gasteiger partial charge in [-0.05, 0) is 54.4 Å². The SMILES string of the molecule is O=C(NCCc1ccccc1)c1ccc2c(c1)N=C(c1cccc(Cl)c1)c1ccccc1O2. The van der Waals surface area contributed by atoms with Crippen molar-refractivity contribution >= 4 is 28.9 Å². The number of nitrogens with one attached hydrogen (secondary N) is 1. The molecule has 0 unspecified atom stereocenters. The van der Waals surface area contributed by atoms with Crippen molar-refractivity contribution in [1.29, 1.82) is 0 Å². The number of nitrogens with zero attached hydrogens (tertiary/aromatic N) is 1. The summed E-state index contributed by atoms with van der Waals surface area (Å²) in [5.74, 6) is 1.16. The fraction of sp³-hybridized carbons (Fsp3) is 0.0714. The Morgan fingerprint density at radius 3 is 2.52 bits per heavy atom. The van der Waals surface area contributed by atoms with Crippen LogP contribution >= 0.6 is 11.6 Å². The van der Waals surface area contributed by atoms with E-state index in [1.807, 2.05) is 66.7 Å². The zero-order valence-corrected chi connectivity index (χ0v) is 18.5. The molecular formula is C28H21ClN2O2. The summed E-state index contributed by atoms with van der Waals surface area (Å²) in [6, 6.07) is 30.7. The lowest BCUT2D eigenvalue weighted by Gasteiger charge is -2.10. The van der Waals surface area contributed by atoms with Crippen LogP contribution in [0.5, 0.6) is 11.5 Å². The number of hydrogen-bond acceptors (Lipinski definition) is 3. The first-order valence-electron chi connectivity index (χ1n) is 10.8. The number of fused-ring (bicyclic) bond motifs is 2. The Morgan fingerprint density at radius 1 is 0.848 bits per heavy atom. The predicted octanol–water partition coefficient (Wildman–Crippen LogP) is 6.59. The highest BCUT2D eigenvalue weighted by Crippen LogP contribution is 2.39. The molecule has 1 aliphatic rings. The van der Waals surface area contributed by atoms with E-state index in [2.05, 4.69) is 17.4 Å². The zero-order valence-electron chi connectivity index (χ0n) is 17.8. The van der Waals surface area contributed by atoms with E-state index >= 15 is 0 Å². The Bertz CT molecular complexity index is 1350. The molecule has 0 aromatic heterocycles. The third-order valence-electron chi connectivity index (χ3n) is 5.46. The Kier molecular flexibility index (Phi) is 5.92. The number of carbonyl (C=O) groups excluding carboxylic acids is 1.